The van der Waals surface area contributed by atoms with Crippen LogP contribution >= 0.6 is 12.4 Å². The third-order valence-corrected chi connectivity index (χ3v) is 3.45. The Hall–Kier alpha value is -1.63. The largest absolute Gasteiger partial charge is 0.383 e. The molecule has 0 bridgehead atoms. The van der Waals surface area contributed by atoms with Gasteiger partial charge in [0.25, 0.3) is 5.91 Å². The predicted octanol–water partition coefficient (Wildman–Crippen LogP) is 1.26. The molecule has 0 spiro atoms. The maximum absolute atomic E-state index is 12.3. The summed E-state index contributed by atoms with van der Waals surface area (Å²) in [5.41, 5.74) is 6.81. The number of rotatable bonds is 5. The van der Waals surface area contributed by atoms with E-state index in [9.17, 15) is 9.59 Å². The Kier molecular flexibility index (Phi) is 7.31. The van der Waals surface area contributed by atoms with Crippen molar-refractivity contribution in [2.24, 2.45) is 5.73 Å². The van der Waals surface area contributed by atoms with Crippen LogP contribution in [0, 0.1) is 0 Å². The van der Waals surface area contributed by atoms with Gasteiger partial charge < -0.3 is 20.7 Å². The lowest BCUT2D eigenvalue weighted by atomic mass is 10.1. The number of methoxy groups -OCH3 is 1. The standard InChI is InChI=1S/C15H21N3O3.ClH/c1-21-10-13(16)14(19)17-12-6-4-5-11(9-12)15(20)18-7-2-3-8-18;/h4-6,9,13H,2-3,7-8,10,16H2,1H3,(H,17,19);1H. The molecule has 1 unspecified atom stereocenters. The van der Waals surface area contributed by atoms with Crippen molar-refractivity contribution < 1.29 is 14.3 Å². The average molecular weight is 328 g/mol. The normalized spacial score (nSPS) is 15.1. The third kappa shape index (κ3) is 4.69. The summed E-state index contributed by atoms with van der Waals surface area (Å²) in [5, 5.41) is 2.70. The summed E-state index contributed by atoms with van der Waals surface area (Å²) in [6.07, 6.45) is 2.10. The topological polar surface area (TPSA) is 84.7 Å². The molecule has 0 aliphatic carbocycles. The zero-order valence-electron chi connectivity index (χ0n) is 12.6. The second-order valence-corrected chi connectivity index (χ2v) is 5.13. The Balaban J connectivity index is 0.00000242. The number of amides is 2. The molecule has 1 fully saturated rings. The molecule has 7 heteroatoms. The number of likely N-dealkylation sites (tertiary alicyclic amines) is 1. The number of ether oxygens (including phenoxy) is 1. The number of hydrogen-bond acceptors (Lipinski definition) is 4. The Morgan fingerprint density at radius 2 is 2.05 bits per heavy atom. The fourth-order valence-electron chi connectivity index (χ4n) is 2.32. The highest BCUT2D eigenvalue weighted by Gasteiger charge is 2.20. The van der Waals surface area contributed by atoms with E-state index >= 15 is 0 Å². The fourth-order valence-corrected chi connectivity index (χ4v) is 2.32. The molecule has 2 amide bonds. The molecule has 1 aromatic carbocycles. The van der Waals surface area contributed by atoms with E-state index in [1.54, 1.807) is 24.3 Å². The highest BCUT2D eigenvalue weighted by atomic mass is 35.5. The Bertz CT molecular complexity index is 519. The molecule has 2 rings (SSSR count). The first-order chi connectivity index (χ1) is 10.1. The van der Waals surface area contributed by atoms with Crippen LogP contribution in [0.1, 0.15) is 23.2 Å². The number of nitrogens with zero attached hydrogens (tertiary/aromatic N) is 1. The van der Waals surface area contributed by atoms with Crippen LogP contribution in [0.15, 0.2) is 24.3 Å². The minimum Gasteiger partial charge on any atom is -0.383 e. The van der Waals surface area contributed by atoms with Crippen molar-refractivity contribution in [2.75, 3.05) is 32.1 Å². The van der Waals surface area contributed by atoms with Gasteiger partial charge in [0.1, 0.15) is 6.04 Å². The number of halogens is 1. The zero-order chi connectivity index (χ0) is 15.2. The van der Waals surface area contributed by atoms with Crippen LogP contribution in [0.3, 0.4) is 0 Å². The van der Waals surface area contributed by atoms with E-state index in [0.717, 1.165) is 25.9 Å². The van der Waals surface area contributed by atoms with Crippen molar-refractivity contribution in [3.8, 4) is 0 Å². The van der Waals surface area contributed by atoms with Crippen LogP contribution in [0.2, 0.25) is 0 Å². The van der Waals surface area contributed by atoms with Gasteiger partial charge in [-0.25, -0.2) is 0 Å². The van der Waals surface area contributed by atoms with Crippen molar-refractivity contribution in [1.29, 1.82) is 0 Å². The number of hydrogen-bond donors (Lipinski definition) is 2. The molecule has 1 saturated heterocycles. The molecule has 122 valence electrons. The van der Waals surface area contributed by atoms with E-state index in [-0.39, 0.29) is 30.8 Å². The SMILES string of the molecule is COCC(N)C(=O)Nc1cccc(C(=O)N2CCCC2)c1.Cl. The van der Waals surface area contributed by atoms with Crippen LogP contribution in [0.25, 0.3) is 0 Å². The first-order valence-corrected chi connectivity index (χ1v) is 7.06. The third-order valence-electron chi connectivity index (χ3n) is 3.45. The van der Waals surface area contributed by atoms with Crippen LogP contribution < -0.4 is 11.1 Å². The highest BCUT2D eigenvalue weighted by Crippen LogP contribution is 2.16. The van der Waals surface area contributed by atoms with Crippen molar-refractivity contribution >= 4 is 29.9 Å². The lowest BCUT2D eigenvalue weighted by molar-refractivity contribution is -0.118. The highest BCUT2D eigenvalue weighted by molar-refractivity contribution is 5.98. The maximum Gasteiger partial charge on any atom is 0.253 e. The molecule has 1 aliphatic heterocycles. The number of benzene rings is 1. The smallest absolute Gasteiger partial charge is 0.253 e. The molecule has 1 aromatic rings. The minimum atomic E-state index is -0.729. The van der Waals surface area contributed by atoms with E-state index in [1.165, 1.54) is 7.11 Å². The lowest BCUT2D eigenvalue weighted by Gasteiger charge is -2.16. The summed E-state index contributed by atoms with van der Waals surface area (Å²) in [6, 6.07) is 6.19. The van der Waals surface area contributed by atoms with E-state index < -0.39 is 6.04 Å². The summed E-state index contributed by atoms with van der Waals surface area (Å²) in [6.45, 7) is 1.75. The summed E-state index contributed by atoms with van der Waals surface area (Å²) < 4.78 is 4.85. The van der Waals surface area contributed by atoms with Gasteiger partial charge >= 0.3 is 0 Å². The zero-order valence-corrected chi connectivity index (χ0v) is 13.4. The van der Waals surface area contributed by atoms with Gasteiger partial charge in [0, 0.05) is 31.5 Å². The number of nitrogens with two attached hydrogens (primary N) is 1. The van der Waals surface area contributed by atoms with Crippen molar-refractivity contribution in [1.82, 2.24) is 4.90 Å². The van der Waals surface area contributed by atoms with Crippen molar-refractivity contribution in [3.05, 3.63) is 29.8 Å². The average Bonchev–Trinajstić information content (AvgIpc) is 3.01. The van der Waals surface area contributed by atoms with Crippen LogP contribution in [0.5, 0.6) is 0 Å². The molecule has 1 aliphatic rings. The minimum absolute atomic E-state index is 0. The van der Waals surface area contributed by atoms with Gasteiger partial charge in [-0.3, -0.25) is 9.59 Å². The van der Waals surface area contributed by atoms with Crippen LogP contribution in [-0.4, -0.2) is 49.6 Å². The summed E-state index contributed by atoms with van der Waals surface area (Å²) in [5.74, 6) is -0.326. The molecule has 0 aromatic heterocycles. The molecule has 6 nitrogen and oxygen atoms in total. The van der Waals surface area contributed by atoms with Crippen LogP contribution in [0.4, 0.5) is 5.69 Å². The molecule has 0 saturated carbocycles. The molecular weight excluding hydrogens is 306 g/mol. The molecule has 1 heterocycles. The van der Waals surface area contributed by atoms with E-state index in [1.807, 2.05) is 4.90 Å². The number of anilines is 1. The van der Waals surface area contributed by atoms with E-state index in [0.29, 0.717) is 11.3 Å². The molecular formula is C15H22ClN3O3. The lowest BCUT2D eigenvalue weighted by Crippen LogP contribution is -2.39. The molecule has 0 radical (unpaired) electrons. The molecule has 1 atom stereocenters. The Labute approximate surface area is 136 Å². The van der Waals surface area contributed by atoms with Gasteiger partial charge in [-0.1, -0.05) is 6.07 Å². The fraction of sp³-hybridized carbons (Fsp3) is 0.467. The first-order valence-electron chi connectivity index (χ1n) is 7.06. The van der Waals surface area contributed by atoms with Gasteiger partial charge in [-0.2, -0.15) is 0 Å². The van der Waals surface area contributed by atoms with E-state index in [2.05, 4.69) is 5.32 Å². The number of carbonyl (C=O) groups is 2. The Morgan fingerprint density at radius 1 is 1.36 bits per heavy atom. The van der Waals surface area contributed by atoms with Gasteiger partial charge in [0.05, 0.1) is 6.61 Å². The van der Waals surface area contributed by atoms with E-state index in [4.69, 9.17) is 10.5 Å². The van der Waals surface area contributed by atoms with Crippen LogP contribution in [-0.2, 0) is 9.53 Å². The van der Waals surface area contributed by atoms with Gasteiger partial charge in [0.2, 0.25) is 5.91 Å². The monoisotopic (exact) mass is 327 g/mol. The number of carbonyl (C=O) groups excluding carboxylic acids is 2. The van der Waals surface area contributed by atoms with Crippen molar-refractivity contribution in [3.63, 3.8) is 0 Å². The molecule has 3 N–H and O–H groups in total. The Morgan fingerprint density at radius 3 is 2.68 bits per heavy atom. The van der Waals surface area contributed by atoms with Gasteiger partial charge in [-0.05, 0) is 31.0 Å². The quantitative estimate of drug-likeness (QED) is 0.852. The van der Waals surface area contributed by atoms with Gasteiger partial charge in [0.15, 0.2) is 0 Å². The predicted molar refractivity (Wildman–Crippen MR) is 87.3 cm³/mol. The summed E-state index contributed by atoms with van der Waals surface area (Å²) in [4.78, 5) is 25.9. The van der Waals surface area contributed by atoms with Crippen molar-refractivity contribution in [2.45, 2.75) is 18.9 Å². The van der Waals surface area contributed by atoms with Gasteiger partial charge in [-0.15, -0.1) is 12.4 Å². The maximum atomic E-state index is 12.3. The summed E-state index contributed by atoms with van der Waals surface area (Å²) in [7, 11) is 1.49. The summed E-state index contributed by atoms with van der Waals surface area (Å²) >= 11 is 0. The first kappa shape index (κ1) is 18.4. The second-order valence-electron chi connectivity index (χ2n) is 5.13. The number of nitrogens with one attached hydrogen (secondary N) is 1. The molecule has 22 heavy (non-hydrogen) atoms. The second kappa shape index (κ2) is 8.73.